The first-order chi connectivity index (χ1) is 18.8. The number of hydrogen-bond acceptors (Lipinski definition) is 7. The summed E-state index contributed by atoms with van der Waals surface area (Å²) in [5, 5.41) is 6.90. The number of hydrogen-bond donors (Lipinski definition) is 1. The van der Waals surface area contributed by atoms with Gasteiger partial charge in [0.1, 0.15) is 17.2 Å². The van der Waals surface area contributed by atoms with E-state index in [1.807, 2.05) is 18.5 Å². The van der Waals surface area contributed by atoms with Gasteiger partial charge >= 0.3 is 6.18 Å². The summed E-state index contributed by atoms with van der Waals surface area (Å²) >= 11 is 0. The summed E-state index contributed by atoms with van der Waals surface area (Å²) in [5.74, 6) is 1.04. The van der Waals surface area contributed by atoms with Crippen LogP contribution in [0.25, 0.3) is 17.2 Å². The summed E-state index contributed by atoms with van der Waals surface area (Å²) in [5.41, 5.74) is 1.94. The molecule has 1 atom stereocenters. The van der Waals surface area contributed by atoms with Gasteiger partial charge in [-0.2, -0.15) is 18.3 Å². The lowest BCUT2D eigenvalue weighted by molar-refractivity contribution is -0.137. The number of aromatic nitrogens is 6. The quantitative estimate of drug-likeness (QED) is 0.406. The number of pyridine rings is 1. The maximum absolute atomic E-state index is 13.2. The number of piperazine rings is 1. The molecule has 1 aliphatic carbocycles. The van der Waals surface area contributed by atoms with Crippen LogP contribution in [-0.2, 0) is 10.9 Å². The maximum Gasteiger partial charge on any atom is 0.417 e. The Morgan fingerprint density at radius 1 is 1.03 bits per heavy atom. The van der Waals surface area contributed by atoms with E-state index in [1.165, 1.54) is 42.3 Å². The fourth-order valence-electron chi connectivity index (χ4n) is 5.33. The van der Waals surface area contributed by atoms with E-state index in [-0.39, 0.29) is 6.04 Å². The number of H-pyrrole nitrogens is 1. The Morgan fingerprint density at radius 2 is 1.85 bits per heavy atom. The van der Waals surface area contributed by atoms with Crippen LogP contribution in [0.3, 0.4) is 0 Å². The highest BCUT2D eigenvalue weighted by Gasteiger charge is 2.43. The molecule has 0 aromatic carbocycles. The zero-order valence-corrected chi connectivity index (χ0v) is 21.7. The van der Waals surface area contributed by atoms with Gasteiger partial charge in [0.2, 0.25) is 0 Å². The van der Waals surface area contributed by atoms with E-state index in [0.29, 0.717) is 29.5 Å². The third-order valence-electron chi connectivity index (χ3n) is 8.09. The van der Waals surface area contributed by atoms with Gasteiger partial charge in [0.25, 0.3) is 0 Å². The molecular weight excluding hydrogens is 509 g/mol. The minimum Gasteiger partial charge on any atom is -0.381 e. The molecule has 1 spiro atoms. The van der Waals surface area contributed by atoms with E-state index in [1.54, 1.807) is 6.20 Å². The molecule has 4 aromatic heterocycles. The van der Waals surface area contributed by atoms with Crippen molar-refractivity contribution in [3.63, 3.8) is 0 Å². The Morgan fingerprint density at radius 3 is 2.54 bits per heavy atom. The summed E-state index contributed by atoms with van der Waals surface area (Å²) in [6, 6.07) is 4.32. The third-order valence-corrected chi connectivity index (χ3v) is 8.09. The second kappa shape index (κ2) is 10.2. The molecule has 2 saturated heterocycles. The van der Waals surface area contributed by atoms with Crippen LogP contribution in [0.5, 0.6) is 0 Å². The molecule has 0 amide bonds. The Hall–Kier alpha value is -3.51. The van der Waals surface area contributed by atoms with Crippen molar-refractivity contribution >= 4 is 11.5 Å². The van der Waals surface area contributed by atoms with Gasteiger partial charge in [-0.05, 0) is 56.3 Å². The lowest BCUT2D eigenvalue weighted by atomic mass is 9.97. The van der Waals surface area contributed by atoms with Gasteiger partial charge in [-0.25, -0.2) is 15.0 Å². The molecule has 6 heterocycles. The van der Waals surface area contributed by atoms with Gasteiger partial charge < -0.3 is 9.64 Å². The van der Waals surface area contributed by atoms with Crippen molar-refractivity contribution in [3.05, 3.63) is 60.3 Å². The minimum absolute atomic E-state index is 0.149. The highest BCUT2D eigenvalue weighted by Crippen LogP contribution is 2.53. The van der Waals surface area contributed by atoms with Gasteiger partial charge in [0, 0.05) is 57.0 Å². The molecule has 3 aliphatic rings. The number of rotatable bonds is 3. The van der Waals surface area contributed by atoms with Crippen molar-refractivity contribution in [1.82, 2.24) is 34.4 Å². The number of nitrogens with one attached hydrogen (secondary N) is 1. The van der Waals surface area contributed by atoms with Crippen molar-refractivity contribution in [1.29, 1.82) is 0 Å². The van der Waals surface area contributed by atoms with Crippen molar-refractivity contribution < 1.29 is 17.9 Å². The lowest BCUT2D eigenvalue weighted by Gasteiger charge is -2.39. The lowest BCUT2D eigenvalue weighted by Crippen LogP contribution is -2.47. The molecular formula is C27H31F3N8O. The smallest absolute Gasteiger partial charge is 0.381 e. The Labute approximate surface area is 224 Å². The van der Waals surface area contributed by atoms with E-state index in [0.717, 1.165) is 49.5 Å². The molecule has 4 aromatic rings. The Bertz CT molecular complexity index is 1410. The van der Waals surface area contributed by atoms with Crippen molar-refractivity contribution in [2.75, 3.05) is 44.8 Å². The highest BCUT2D eigenvalue weighted by atomic mass is 19.4. The first-order valence-corrected chi connectivity index (χ1v) is 13.2. The largest absolute Gasteiger partial charge is 0.417 e. The SMILES string of the molecule is C1CC2(CCO1)CC2.CN1CCN(c2ccnc(-c3cnc4ccc(C(F)(F)F)cn34)n2)CC1c1cn[nH]c1. The van der Waals surface area contributed by atoms with Crippen LogP contribution in [0.4, 0.5) is 19.0 Å². The molecule has 2 aliphatic heterocycles. The van der Waals surface area contributed by atoms with Crippen LogP contribution < -0.4 is 4.90 Å². The number of likely N-dealkylation sites (N-methyl/N-ethyl adjacent to an activating group) is 1. The van der Waals surface area contributed by atoms with E-state index < -0.39 is 11.7 Å². The summed E-state index contributed by atoms with van der Waals surface area (Å²) in [4.78, 5) is 17.6. The topological polar surface area (TPSA) is 87.5 Å². The van der Waals surface area contributed by atoms with Crippen LogP contribution in [0.1, 0.15) is 42.9 Å². The van der Waals surface area contributed by atoms with Gasteiger partial charge in [-0.1, -0.05) is 0 Å². The van der Waals surface area contributed by atoms with Crippen LogP contribution in [0.2, 0.25) is 0 Å². The summed E-state index contributed by atoms with van der Waals surface area (Å²) in [6.07, 6.45) is 9.04. The second-order valence-corrected chi connectivity index (χ2v) is 10.6. The molecule has 39 heavy (non-hydrogen) atoms. The second-order valence-electron chi connectivity index (χ2n) is 10.6. The monoisotopic (exact) mass is 540 g/mol. The zero-order chi connectivity index (χ0) is 27.0. The number of ether oxygens (including phenoxy) is 1. The minimum atomic E-state index is -4.44. The molecule has 0 radical (unpaired) electrons. The van der Waals surface area contributed by atoms with E-state index in [9.17, 15) is 13.2 Å². The molecule has 0 bridgehead atoms. The molecule has 12 heteroatoms. The standard InChI is InChI=1S/C20H19F3N8.C7H12O/c1-29-6-7-30(12-16(29)13-8-26-27-9-13)18-4-5-24-19(28-18)15-10-25-17-3-2-14(11-31(15)17)20(21,22)23;1-2-7(1)3-5-8-6-4-7/h2-5,8-11,16H,6-7,12H2,1H3,(H,26,27);1-6H2. The normalized spacial score (nSPS) is 21.1. The molecule has 1 saturated carbocycles. The van der Waals surface area contributed by atoms with Gasteiger partial charge in [0.15, 0.2) is 5.82 Å². The summed E-state index contributed by atoms with van der Waals surface area (Å²) in [6.45, 7) is 4.37. The Kier molecular flexibility index (Phi) is 6.76. The molecule has 1 N–H and O–H groups in total. The molecule has 7 rings (SSSR count). The number of alkyl halides is 3. The molecule has 1 unspecified atom stereocenters. The Balaban J connectivity index is 0.000000293. The van der Waals surface area contributed by atoms with E-state index >= 15 is 0 Å². The number of nitrogens with zero attached hydrogens (tertiary/aromatic N) is 7. The number of anilines is 1. The maximum atomic E-state index is 13.2. The average Bonchev–Trinajstić information content (AvgIpc) is 3.32. The van der Waals surface area contributed by atoms with Gasteiger partial charge in [-0.15, -0.1) is 0 Å². The van der Waals surface area contributed by atoms with Crippen molar-refractivity contribution in [3.8, 4) is 11.5 Å². The predicted octanol–water partition coefficient (Wildman–Crippen LogP) is 4.60. The first kappa shape index (κ1) is 25.8. The van der Waals surface area contributed by atoms with E-state index in [2.05, 4.69) is 42.0 Å². The first-order valence-electron chi connectivity index (χ1n) is 13.2. The van der Waals surface area contributed by atoms with Crippen LogP contribution in [0.15, 0.2) is 49.2 Å². The summed E-state index contributed by atoms with van der Waals surface area (Å²) < 4.78 is 46.1. The fourth-order valence-corrected chi connectivity index (χ4v) is 5.33. The van der Waals surface area contributed by atoms with Crippen molar-refractivity contribution in [2.45, 2.75) is 37.9 Å². The predicted molar refractivity (Wildman–Crippen MR) is 139 cm³/mol. The van der Waals surface area contributed by atoms with Crippen molar-refractivity contribution in [2.24, 2.45) is 5.41 Å². The van der Waals surface area contributed by atoms with Crippen LogP contribution in [0, 0.1) is 5.41 Å². The third kappa shape index (κ3) is 5.48. The number of fused-ring (bicyclic) bond motifs is 1. The molecule has 9 nitrogen and oxygen atoms in total. The van der Waals surface area contributed by atoms with Crippen LogP contribution >= 0.6 is 0 Å². The number of aromatic amines is 1. The average molecular weight is 541 g/mol. The zero-order valence-electron chi connectivity index (χ0n) is 21.7. The number of halogens is 3. The number of imidazole rings is 1. The summed E-state index contributed by atoms with van der Waals surface area (Å²) in [7, 11) is 2.07. The fraction of sp³-hybridized carbons (Fsp3) is 0.481. The molecule has 206 valence electrons. The van der Waals surface area contributed by atoms with Gasteiger partial charge in [0.05, 0.1) is 24.0 Å². The highest BCUT2D eigenvalue weighted by molar-refractivity contribution is 5.59. The van der Waals surface area contributed by atoms with Crippen LogP contribution in [-0.4, -0.2) is 74.3 Å². The molecule has 3 fully saturated rings. The van der Waals surface area contributed by atoms with Gasteiger partial charge in [-0.3, -0.25) is 14.4 Å². The van der Waals surface area contributed by atoms with E-state index in [4.69, 9.17) is 4.74 Å².